The maximum Gasteiger partial charge on any atom is 0.250 e. The van der Waals surface area contributed by atoms with E-state index in [4.69, 9.17) is 16.3 Å². The summed E-state index contributed by atoms with van der Waals surface area (Å²) in [6, 6.07) is 22.0. The third kappa shape index (κ3) is 5.38. The highest BCUT2D eigenvalue weighted by Crippen LogP contribution is 2.29. The Kier molecular flexibility index (Phi) is 7.46. The van der Waals surface area contributed by atoms with E-state index in [1.165, 1.54) is 25.1 Å². The second-order valence-electron chi connectivity index (χ2n) is 6.96. The molecule has 0 saturated carbocycles. The van der Waals surface area contributed by atoms with Crippen molar-refractivity contribution in [3.63, 3.8) is 0 Å². The largest absolute Gasteiger partial charge is 0.504 e. The predicted octanol–water partition coefficient (Wildman–Crippen LogP) is 4.54. The van der Waals surface area contributed by atoms with E-state index in [-0.39, 0.29) is 17.4 Å². The standard InChI is InChI=1S/C24H20ClN5O3S/c1-33-20-9-5-8-17(22(20)32)14-26-27-21(31)15-34-24-29-28-23(16-6-3-2-4-7-16)30(24)19-12-10-18(25)11-13-19/h2-14,32H,15H2,1H3,(H,27,31)/b26-14-. The monoisotopic (exact) mass is 493 g/mol. The zero-order valence-electron chi connectivity index (χ0n) is 18.1. The predicted molar refractivity (Wildman–Crippen MR) is 133 cm³/mol. The van der Waals surface area contributed by atoms with Gasteiger partial charge in [-0.05, 0) is 36.4 Å². The molecule has 0 spiro atoms. The molecule has 10 heteroatoms. The van der Waals surface area contributed by atoms with Gasteiger partial charge in [0.15, 0.2) is 22.5 Å². The highest BCUT2D eigenvalue weighted by atomic mass is 35.5. The molecule has 0 unspecified atom stereocenters. The average Bonchev–Trinajstić information content (AvgIpc) is 3.29. The van der Waals surface area contributed by atoms with Gasteiger partial charge in [-0.15, -0.1) is 10.2 Å². The van der Waals surface area contributed by atoms with Gasteiger partial charge < -0.3 is 9.84 Å². The molecule has 172 valence electrons. The van der Waals surface area contributed by atoms with Crippen molar-refractivity contribution in [1.82, 2.24) is 20.2 Å². The molecule has 0 aliphatic carbocycles. The zero-order valence-corrected chi connectivity index (χ0v) is 19.6. The lowest BCUT2D eigenvalue weighted by Gasteiger charge is -2.10. The van der Waals surface area contributed by atoms with Crippen LogP contribution in [0.2, 0.25) is 5.02 Å². The Labute approximate surface area is 205 Å². The Morgan fingerprint density at radius 1 is 1.12 bits per heavy atom. The molecule has 0 bridgehead atoms. The molecule has 3 aromatic carbocycles. The Morgan fingerprint density at radius 3 is 2.62 bits per heavy atom. The van der Waals surface area contributed by atoms with E-state index in [2.05, 4.69) is 20.7 Å². The highest BCUT2D eigenvalue weighted by Gasteiger charge is 2.17. The second kappa shape index (κ2) is 10.9. The van der Waals surface area contributed by atoms with Crippen molar-refractivity contribution in [2.75, 3.05) is 12.9 Å². The molecule has 0 radical (unpaired) electrons. The van der Waals surface area contributed by atoms with Gasteiger partial charge in [0.1, 0.15) is 0 Å². The first-order chi connectivity index (χ1) is 16.6. The number of hydrogen-bond donors (Lipinski definition) is 2. The zero-order chi connectivity index (χ0) is 23.9. The molecular formula is C24H20ClN5O3S. The minimum Gasteiger partial charge on any atom is -0.504 e. The average molecular weight is 494 g/mol. The molecule has 0 aliphatic rings. The van der Waals surface area contributed by atoms with Crippen LogP contribution in [-0.4, -0.2) is 44.9 Å². The van der Waals surface area contributed by atoms with Crippen LogP contribution >= 0.6 is 23.4 Å². The summed E-state index contributed by atoms with van der Waals surface area (Å²) >= 11 is 7.28. The Morgan fingerprint density at radius 2 is 1.88 bits per heavy atom. The van der Waals surface area contributed by atoms with Gasteiger partial charge in [-0.3, -0.25) is 9.36 Å². The van der Waals surface area contributed by atoms with Crippen LogP contribution in [-0.2, 0) is 4.79 Å². The van der Waals surface area contributed by atoms with Gasteiger partial charge in [0.05, 0.1) is 19.1 Å². The van der Waals surface area contributed by atoms with Crippen molar-refractivity contribution in [2.24, 2.45) is 5.10 Å². The molecule has 4 aromatic rings. The number of hydrazone groups is 1. The van der Waals surface area contributed by atoms with Gasteiger partial charge in [0, 0.05) is 21.8 Å². The fourth-order valence-electron chi connectivity index (χ4n) is 3.10. The smallest absolute Gasteiger partial charge is 0.250 e. The fourth-order valence-corrected chi connectivity index (χ4v) is 3.98. The summed E-state index contributed by atoms with van der Waals surface area (Å²) in [5.74, 6) is 0.637. The number of amides is 1. The van der Waals surface area contributed by atoms with Crippen LogP contribution in [0.4, 0.5) is 0 Å². The summed E-state index contributed by atoms with van der Waals surface area (Å²) in [6.45, 7) is 0. The van der Waals surface area contributed by atoms with E-state index in [0.29, 0.717) is 27.3 Å². The number of phenolic OH excluding ortho intramolecular Hbond substituents is 1. The molecule has 0 aliphatic heterocycles. The molecule has 1 heterocycles. The number of carbonyl (C=O) groups is 1. The van der Waals surface area contributed by atoms with Crippen molar-refractivity contribution in [1.29, 1.82) is 0 Å². The number of ether oxygens (including phenoxy) is 1. The van der Waals surface area contributed by atoms with Gasteiger partial charge in [-0.1, -0.05) is 59.8 Å². The van der Waals surface area contributed by atoms with E-state index < -0.39 is 0 Å². The van der Waals surface area contributed by atoms with Crippen molar-refractivity contribution in [3.8, 4) is 28.6 Å². The number of halogens is 1. The Balaban J connectivity index is 1.49. The van der Waals surface area contributed by atoms with Crippen molar-refractivity contribution < 1.29 is 14.6 Å². The van der Waals surface area contributed by atoms with Gasteiger partial charge in [-0.25, -0.2) is 5.43 Å². The summed E-state index contributed by atoms with van der Waals surface area (Å²) in [5, 5.41) is 23.8. The maximum atomic E-state index is 12.4. The lowest BCUT2D eigenvalue weighted by molar-refractivity contribution is -0.118. The Bertz CT molecular complexity index is 1310. The third-order valence-corrected chi connectivity index (χ3v) is 5.91. The molecule has 8 nitrogen and oxygen atoms in total. The van der Waals surface area contributed by atoms with E-state index in [9.17, 15) is 9.90 Å². The lowest BCUT2D eigenvalue weighted by atomic mass is 10.2. The summed E-state index contributed by atoms with van der Waals surface area (Å²) in [4.78, 5) is 12.4. The number of benzene rings is 3. The molecule has 0 fully saturated rings. The van der Waals surface area contributed by atoms with Gasteiger partial charge >= 0.3 is 0 Å². The molecular weight excluding hydrogens is 474 g/mol. The van der Waals surface area contributed by atoms with Crippen LogP contribution in [0, 0.1) is 0 Å². The van der Waals surface area contributed by atoms with Crippen molar-refractivity contribution in [2.45, 2.75) is 5.16 Å². The third-order valence-electron chi connectivity index (χ3n) is 4.73. The molecule has 2 N–H and O–H groups in total. The normalized spacial score (nSPS) is 11.0. The highest BCUT2D eigenvalue weighted by molar-refractivity contribution is 7.99. The quantitative estimate of drug-likeness (QED) is 0.212. The number of para-hydroxylation sites is 1. The first-order valence-corrected chi connectivity index (χ1v) is 11.5. The number of nitrogens with zero attached hydrogens (tertiary/aromatic N) is 4. The van der Waals surface area contributed by atoms with Crippen LogP contribution in [0.15, 0.2) is 83.1 Å². The van der Waals surface area contributed by atoms with E-state index >= 15 is 0 Å². The number of hydrogen-bond acceptors (Lipinski definition) is 7. The first-order valence-electron chi connectivity index (χ1n) is 10.1. The van der Waals surface area contributed by atoms with Crippen LogP contribution in [0.25, 0.3) is 17.1 Å². The summed E-state index contributed by atoms with van der Waals surface area (Å²) in [5.41, 5.74) is 4.59. The maximum absolute atomic E-state index is 12.4. The number of methoxy groups -OCH3 is 1. The molecule has 0 atom stereocenters. The molecule has 1 aromatic heterocycles. The van der Waals surface area contributed by atoms with Gasteiger partial charge in [0.2, 0.25) is 0 Å². The number of nitrogens with one attached hydrogen (secondary N) is 1. The molecule has 4 rings (SSSR count). The van der Waals surface area contributed by atoms with Crippen LogP contribution in [0.3, 0.4) is 0 Å². The Hall–Kier alpha value is -3.82. The van der Waals surface area contributed by atoms with Crippen LogP contribution in [0.5, 0.6) is 11.5 Å². The van der Waals surface area contributed by atoms with Crippen molar-refractivity contribution in [3.05, 3.63) is 83.4 Å². The number of carbonyl (C=O) groups excluding carboxylic acids is 1. The number of rotatable bonds is 8. The van der Waals surface area contributed by atoms with E-state index in [0.717, 1.165) is 11.3 Å². The summed E-state index contributed by atoms with van der Waals surface area (Å²) in [7, 11) is 1.46. The molecule has 1 amide bonds. The SMILES string of the molecule is COc1cccc(/C=N\NC(=O)CSc2nnc(-c3ccccc3)n2-c2ccc(Cl)cc2)c1O. The number of phenols is 1. The first kappa shape index (κ1) is 23.3. The minimum atomic E-state index is -0.337. The number of aromatic hydroxyl groups is 1. The summed E-state index contributed by atoms with van der Waals surface area (Å²) < 4.78 is 6.94. The second-order valence-corrected chi connectivity index (χ2v) is 8.34. The van der Waals surface area contributed by atoms with Crippen molar-refractivity contribution >= 4 is 35.5 Å². The van der Waals surface area contributed by atoms with E-state index in [1.807, 2.05) is 47.0 Å². The lowest BCUT2D eigenvalue weighted by Crippen LogP contribution is -2.20. The minimum absolute atomic E-state index is 0.0538. The molecule has 34 heavy (non-hydrogen) atoms. The number of aromatic nitrogens is 3. The van der Waals surface area contributed by atoms with Crippen LogP contribution < -0.4 is 10.2 Å². The topological polar surface area (TPSA) is 102 Å². The van der Waals surface area contributed by atoms with Gasteiger partial charge in [0.25, 0.3) is 5.91 Å². The fraction of sp³-hybridized carbons (Fsp3) is 0.0833. The summed E-state index contributed by atoms with van der Waals surface area (Å²) in [6.07, 6.45) is 1.35. The molecule has 0 saturated heterocycles. The van der Waals surface area contributed by atoms with Crippen LogP contribution in [0.1, 0.15) is 5.56 Å². The van der Waals surface area contributed by atoms with Gasteiger partial charge in [-0.2, -0.15) is 5.10 Å². The number of thioether (sulfide) groups is 1. The van der Waals surface area contributed by atoms with E-state index in [1.54, 1.807) is 30.3 Å².